The largest absolute Gasteiger partial charge is 0.493 e. The van der Waals surface area contributed by atoms with Crippen LogP contribution in [0.4, 0.5) is 0 Å². The highest BCUT2D eigenvalue weighted by molar-refractivity contribution is 5.39. The Kier molecular flexibility index (Phi) is 5.48. The third-order valence-electron chi connectivity index (χ3n) is 2.68. The molecule has 0 aliphatic rings. The fourth-order valence-corrected chi connectivity index (χ4v) is 1.59. The van der Waals surface area contributed by atoms with Gasteiger partial charge in [0.2, 0.25) is 0 Å². The number of rotatable bonds is 6. The monoisotopic (exact) mass is 251 g/mol. The van der Waals surface area contributed by atoms with Gasteiger partial charge in [-0.2, -0.15) is 0 Å². The average Bonchev–Trinajstić information content (AvgIpc) is 2.33. The first kappa shape index (κ1) is 14.8. The van der Waals surface area contributed by atoms with Crippen LogP contribution in [0.15, 0.2) is 24.3 Å². The number of benzene rings is 1. The standard InChI is InChI=1S/C15H25NO2/c1-6-12(11-16-15(2,3)4)18-14-10-8-7-9-13(14)17-5/h7-10,12,16H,6,11H2,1-5H3. The van der Waals surface area contributed by atoms with Crippen molar-refractivity contribution in [2.45, 2.75) is 45.8 Å². The molecule has 0 aromatic heterocycles. The zero-order chi connectivity index (χ0) is 13.6. The summed E-state index contributed by atoms with van der Waals surface area (Å²) in [6.07, 6.45) is 1.11. The van der Waals surface area contributed by atoms with Crippen molar-refractivity contribution in [3.05, 3.63) is 24.3 Å². The lowest BCUT2D eigenvalue weighted by molar-refractivity contribution is 0.175. The minimum atomic E-state index is 0.109. The number of ether oxygens (including phenoxy) is 2. The van der Waals surface area contributed by atoms with Gasteiger partial charge < -0.3 is 14.8 Å². The first-order chi connectivity index (χ1) is 8.46. The summed E-state index contributed by atoms with van der Waals surface area (Å²) in [5, 5.41) is 3.46. The van der Waals surface area contributed by atoms with Crippen LogP contribution in [0.5, 0.6) is 11.5 Å². The van der Waals surface area contributed by atoms with E-state index >= 15 is 0 Å². The highest BCUT2D eigenvalue weighted by Crippen LogP contribution is 2.27. The summed E-state index contributed by atoms with van der Waals surface area (Å²) in [6.45, 7) is 9.43. The minimum Gasteiger partial charge on any atom is -0.493 e. The molecular formula is C15H25NO2. The van der Waals surface area contributed by atoms with Gasteiger partial charge in [0.15, 0.2) is 11.5 Å². The molecule has 0 saturated heterocycles. The molecule has 3 nitrogen and oxygen atoms in total. The fraction of sp³-hybridized carbons (Fsp3) is 0.600. The number of para-hydroxylation sites is 2. The number of nitrogens with one attached hydrogen (secondary N) is 1. The maximum atomic E-state index is 5.99. The molecule has 1 aromatic carbocycles. The van der Waals surface area contributed by atoms with Crippen LogP contribution in [0, 0.1) is 0 Å². The summed E-state index contributed by atoms with van der Waals surface area (Å²) in [5.74, 6) is 1.59. The Morgan fingerprint density at radius 3 is 2.28 bits per heavy atom. The van der Waals surface area contributed by atoms with E-state index in [1.807, 2.05) is 24.3 Å². The van der Waals surface area contributed by atoms with Gasteiger partial charge in [0, 0.05) is 12.1 Å². The lowest BCUT2D eigenvalue weighted by Gasteiger charge is -2.25. The summed E-state index contributed by atoms with van der Waals surface area (Å²) < 4.78 is 11.3. The van der Waals surface area contributed by atoms with Gasteiger partial charge in [-0.25, -0.2) is 0 Å². The number of methoxy groups -OCH3 is 1. The van der Waals surface area contributed by atoms with Crippen LogP contribution in [-0.4, -0.2) is 25.3 Å². The van der Waals surface area contributed by atoms with E-state index in [0.717, 1.165) is 24.5 Å². The van der Waals surface area contributed by atoms with Crippen molar-refractivity contribution in [1.82, 2.24) is 5.32 Å². The Morgan fingerprint density at radius 2 is 1.78 bits per heavy atom. The summed E-state index contributed by atoms with van der Waals surface area (Å²) in [7, 11) is 1.66. The molecule has 0 heterocycles. The zero-order valence-electron chi connectivity index (χ0n) is 12.1. The van der Waals surface area contributed by atoms with Gasteiger partial charge in [-0.1, -0.05) is 19.1 Å². The molecule has 1 atom stereocenters. The van der Waals surface area contributed by atoms with Gasteiger partial charge in [-0.3, -0.25) is 0 Å². The van der Waals surface area contributed by atoms with Crippen molar-refractivity contribution in [3.8, 4) is 11.5 Å². The summed E-state index contributed by atoms with van der Waals surface area (Å²) in [5.41, 5.74) is 0.109. The molecule has 0 bridgehead atoms. The molecule has 1 rings (SSSR count). The van der Waals surface area contributed by atoms with Gasteiger partial charge in [0.05, 0.1) is 7.11 Å². The minimum absolute atomic E-state index is 0.109. The molecular weight excluding hydrogens is 226 g/mol. The van der Waals surface area contributed by atoms with E-state index in [1.54, 1.807) is 7.11 Å². The van der Waals surface area contributed by atoms with Crippen molar-refractivity contribution in [1.29, 1.82) is 0 Å². The van der Waals surface area contributed by atoms with E-state index in [0.29, 0.717) is 0 Å². The van der Waals surface area contributed by atoms with Crippen molar-refractivity contribution in [2.24, 2.45) is 0 Å². The van der Waals surface area contributed by atoms with Crippen LogP contribution in [0.1, 0.15) is 34.1 Å². The smallest absolute Gasteiger partial charge is 0.161 e. The van der Waals surface area contributed by atoms with E-state index in [1.165, 1.54) is 0 Å². The van der Waals surface area contributed by atoms with Crippen LogP contribution < -0.4 is 14.8 Å². The van der Waals surface area contributed by atoms with E-state index in [4.69, 9.17) is 9.47 Å². The zero-order valence-corrected chi connectivity index (χ0v) is 12.1. The van der Waals surface area contributed by atoms with Crippen LogP contribution >= 0.6 is 0 Å². The molecule has 0 fully saturated rings. The van der Waals surface area contributed by atoms with Crippen LogP contribution in [0.25, 0.3) is 0 Å². The molecule has 0 spiro atoms. The van der Waals surface area contributed by atoms with Gasteiger partial charge in [0.25, 0.3) is 0 Å². The fourth-order valence-electron chi connectivity index (χ4n) is 1.59. The Morgan fingerprint density at radius 1 is 1.17 bits per heavy atom. The van der Waals surface area contributed by atoms with E-state index in [2.05, 4.69) is 33.0 Å². The first-order valence-electron chi connectivity index (χ1n) is 6.51. The normalized spacial score (nSPS) is 13.2. The second kappa shape index (κ2) is 6.64. The third-order valence-corrected chi connectivity index (χ3v) is 2.68. The maximum Gasteiger partial charge on any atom is 0.161 e. The Balaban J connectivity index is 2.62. The second-order valence-corrected chi connectivity index (χ2v) is 5.43. The quantitative estimate of drug-likeness (QED) is 0.842. The molecule has 102 valence electrons. The topological polar surface area (TPSA) is 30.5 Å². The van der Waals surface area contributed by atoms with Crippen LogP contribution in [0.3, 0.4) is 0 Å². The average molecular weight is 251 g/mol. The van der Waals surface area contributed by atoms with Gasteiger partial charge >= 0.3 is 0 Å². The number of hydrogen-bond donors (Lipinski definition) is 1. The molecule has 3 heteroatoms. The Hall–Kier alpha value is -1.22. The molecule has 0 saturated carbocycles. The van der Waals surface area contributed by atoms with Gasteiger partial charge in [-0.05, 0) is 39.3 Å². The molecule has 0 aliphatic carbocycles. The van der Waals surface area contributed by atoms with E-state index < -0.39 is 0 Å². The molecule has 0 amide bonds. The highest BCUT2D eigenvalue weighted by atomic mass is 16.5. The van der Waals surface area contributed by atoms with Crippen molar-refractivity contribution in [3.63, 3.8) is 0 Å². The SMILES string of the molecule is CCC(CNC(C)(C)C)Oc1ccccc1OC. The summed E-state index contributed by atoms with van der Waals surface area (Å²) >= 11 is 0. The predicted octanol–water partition coefficient (Wildman–Crippen LogP) is 3.24. The number of hydrogen-bond acceptors (Lipinski definition) is 3. The Bertz CT molecular complexity index is 358. The van der Waals surface area contributed by atoms with Gasteiger partial charge in [-0.15, -0.1) is 0 Å². The van der Waals surface area contributed by atoms with Crippen molar-refractivity contribution >= 4 is 0 Å². The van der Waals surface area contributed by atoms with Crippen LogP contribution in [-0.2, 0) is 0 Å². The van der Waals surface area contributed by atoms with E-state index in [9.17, 15) is 0 Å². The lowest BCUT2D eigenvalue weighted by Crippen LogP contribution is -2.42. The van der Waals surface area contributed by atoms with E-state index in [-0.39, 0.29) is 11.6 Å². The Labute approximate surface area is 110 Å². The lowest BCUT2D eigenvalue weighted by atomic mass is 10.1. The molecule has 0 aliphatic heterocycles. The van der Waals surface area contributed by atoms with Crippen LogP contribution in [0.2, 0.25) is 0 Å². The summed E-state index contributed by atoms with van der Waals surface area (Å²) in [4.78, 5) is 0. The van der Waals surface area contributed by atoms with Crippen molar-refractivity contribution < 1.29 is 9.47 Å². The highest BCUT2D eigenvalue weighted by Gasteiger charge is 2.15. The summed E-state index contributed by atoms with van der Waals surface area (Å²) in [6, 6.07) is 7.76. The molecule has 1 N–H and O–H groups in total. The molecule has 0 radical (unpaired) electrons. The predicted molar refractivity (Wildman–Crippen MR) is 75.5 cm³/mol. The first-order valence-corrected chi connectivity index (χ1v) is 6.51. The molecule has 18 heavy (non-hydrogen) atoms. The van der Waals surface area contributed by atoms with Crippen molar-refractivity contribution in [2.75, 3.05) is 13.7 Å². The third kappa shape index (κ3) is 4.96. The molecule has 1 unspecified atom stereocenters. The van der Waals surface area contributed by atoms with Gasteiger partial charge in [0.1, 0.15) is 6.10 Å². The molecule has 1 aromatic rings. The second-order valence-electron chi connectivity index (χ2n) is 5.43. The maximum absolute atomic E-state index is 5.99.